The molecule has 2 heteroatoms. The number of hydrogen-bond acceptors (Lipinski definition) is 2. The van der Waals surface area contributed by atoms with Gasteiger partial charge in [-0.1, -0.05) is 26.7 Å². The van der Waals surface area contributed by atoms with Gasteiger partial charge < -0.3 is 4.74 Å². The van der Waals surface area contributed by atoms with Crippen molar-refractivity contribution in [3.05, 3.63) is 0 Å². The number of unbranched alkanes of at least 4 members (excludes halogenated alkanes) is 1. The van der Waals surface area contributed by atoms with Crippen LogP contribution in [-0.4, -0.2) is 12.1 Å². The van der Waals surface area contributed by atoms with E-state index in [9.17, 15) is 4.79 Å². The number of ether oxygens (including phenoxy) is 1. The molecule has 1 fully saturated rings. The van der Waals surface area contributed by atoms with Crippen LogP contribution in [0, 0.1) is 5.92 Å². The molecule has 0 aromatic carbocycles. The van der Waals surface area contributed by atoms with Crippen molar-refractivity contribution in [2.24, 2.45) is 5.92 Å². The summed E-state index contributed by atoms with van der Waals surface area (Å²) in [5.41, 5.74) is 0. The minimum absolute atomic E-state index is 0.00551. The van der Waals surface area contributed by atoms with E-state index in [1.54, 1.807) is 0 Å². The number of carbonyl (C=O) groups is 1. The van der Waals surface area contributed by atoms with Gasteiger partial charge in [0.2, 0.25) is 0 Å². The Labute approximate surface area is 87.0 Å². The Morgan fingerprint density at radius 3 is 2.86 bits per heavy atom. The van der Waals surface area contributed by atoms with Gasteiger partial charge in [-0.3, -0.25) is 4.79 Å². The molecule has 1 aliphatic rings. The van der Waals surface area contributed by atoms with Crippen LogP contribution >= 0.6 is 0 Å². The van der Waals surface area contributed by atoms with Crippen LogP contribution in [0.25, 0.3) is 0 Å². The summed E-state index contributed by atoms with van der Waals surface area (Å²) in [5.74, 6) is 0.735. The zero-order valence-electron chi connectivity index (χ0n) is 9.42. The summed E-state index contributed by atoms with van der Waals surface area (Å²) in [6, 6.07) is 0. The van der Waals surface area contributed by atoms with E-state index in [-0.39, 0.29) is 12.1 Å². The normalized spacial score (nSPS) is 27.3. The van der Waals surface area contributed by atoms with E-state index in [1.165, 1.54) is 12.8 Å². The molecule has 1 saturated carbocycles. The molecule has 0 N–H and O–H groups in total. The van der Waals surface area contributed by atoms with Crippen LogP contribution in [0.2, 0.25) is 0 Å². The predicted molar refractivity (Wildman–Crippen MR) is 57.0 cm³/mol. The molecule has 2 nitrogen and oxygen atoms in total. The molecule has 0 bridgehead atoms. The molecule has 0 radical (unpaired) electrons. The molecule has 1 rings (SSSR count). The fourth-order valence-corrected chi connectivity index (χ4v) is 2.05. The Morgan fingerprint density at radius 1 is 1.43 bits per heavy atom. The third-order valence-electron chi connectivity index (χ3n) is 2.92. The second kappa shape index (κ2) is 6.05. The first-order valence-corrected chi connectivity index (χ1v) is 5.91. The van der Waals surface area contributed by atoms with Gasteiger partial charge in [0.05, 0.1) is 0 Å². The monoisotopic (exact) mass is 198 g/mol. The van der Waals surface area contributed by atoms with E-state index in [0.29, 0.717) is 6.42 Å². The lowest BCUT2D eigenvalue weighted by molar-refractivity contribution is -0.151. The third-order valence-corrected chi connectivity index (χ3v) is 2.92. The van der Waals surface area contributed by atoms with E-state index in [4.69, 9.17) is 4.74 Å². The van der Waals surface area contributed by atoms with Crippen molar-refractivity contribution in [1.29, 1.82) is 0 Å². The molecule has 14 heavy (non-hydrogen) atoms. The van der Waals surface area contributed by atoms with Crippen molar-refractivity contribution in [3.63, 3.8) is 0 Å². The maximum Gasteiger partial charge on any atom is 0.306 e. The Morgan fingerprint density at radius 2 is 2.21 bits per heavy atom. The van der Waals surface area contributed by atoms with E-state index in [1.807, 2.05) is 0 Å². The van der Waals surface area contributed by atoms with Crippen molar-refractivity contribution >= 4 is 5.97 Å². The van der Waals surface area contributed by atoms with Crippen LogP contribution < -0.4 is 0 Å². The number of rotatable bonds is 4. The maximum absolute atomic E-state index is 11.4. The highest BCUT2D eigenvalue weighted by molar-refractivity contribution is 5.69. The summed E-state index contributed by atoms with van der Waals surface area (Å²) in [7, 11) is 0. The average molecular weight is 198 g/mol. The van der Waals surface area contributed by atoms with E-state index >= 15 is 0 Å². The minimum Gasteiger partial charge on any atom is -0.462 e. The summed E-state index contributed by atoms with van der Waals surface area (Å²) >= 11 is 0. The first-order chi connectivity index (χ1) is 6.72. The first kappa shape index (κ1) is 11.5. The van der Waals surface area contributed by atoms with Gasteiger partial charge in [0.25, 0.3) is 0 Å². The Kier molecular flexibility index (Phi) is 4.99. The number of carbonyl (C=O) groups excluding carboxylic acids is 1. The smallest absolute Gasteiger partial charge is 0.306 e. The van der Waals surface area contributed by atoms with Crippen LogP contribution in [0.15, 0.2) is 0 Å². The van der Waals surface area contributed by atoms with Crippen molar-refractivity contribution in [2.75, 3.05) is 0 Å². The SMILES string of the molecule is CCCCC(=O)OC1CCCC(C)C1. The van der Waals surface area contributed by atoms with Gasteiger partial charge in [0, 0.05) is 6.42 Å². The lowest BCUT2D eigenvalue weighted by Gasteiger charge is -2.26. The van der Waals surface area contributed by atoms with E-state index in [2.05, 4.69) is 13.8 Å². The summed E-state index contributed by atoms with van der Waals surface area (Å²) in [4.78, 5) is 11.4. The first-order valence-electron chi connectivity index (χ1n) is 5.91. The Bertz CT molecular complexity index is 177. The van der Waals surface area contributed by atoms with Crippen LogP contribution in [0.3, 0.4) is 0 Å². The topological polar surface area (TPSA) is 26.3 Å². The molecule has 0 aromatic heterocycles. The molecule has 0 spiro atoms. The van der Waals surface area contributed by atoms with E-state index in [0.717, 1.165) is 31.6 Å². The highest BCUT2D eigenvalue weighted by Crippen LogP contribution is 2.25. The van der Waals surface area contributed by atoms with Gasteiger partial charge in [-0.25, -0.2) is 0 Å². The maximum atomic E-state index is 11.4. The summed E-state index contributed by atoms with van der Waals surface area (Å²) in [5, 5.41) is 0. The van der Waals surface area contributed by atoms with Crippen LogP contribution in [0.5, 0.6) is 0 Å². The van der Waals surface area contributed by atoms with Crippen molar-refractivity contribution in [2.45, 2.75) is 64.9 Å². The molecule has 2 unspecified atom stereocenters. The molecule has 1 aliphatic carbocycles. The minimum atomic E-state index is 0.00551. The second-order valence-electron chi connectivity index (χ2n) is 4.49. The highest BCUT2D eigenvalue weighted by Gasteiger charge is 2.21. The standard InChI is InChI=1S/C12H22O2/c1-3-4-8-12(13)14-11-7-5-6-10(2)9-11/h10-11H,3-9H2,1-2H3. The molecule has 0 heterocycles. The fourth-order valence-electron chi connectivity index (χ4n) is 2.05. The van der Waals surface area contributed by atoms with Gasteiger partial charge in [-0.2, -0.15) is 0 Å². The van der Waals surface area contributed by atoms with Gasteiger partial charge >= 0.3 is 5.97 Å². The summed E-state index contributed by atoms with van der Waals surface area (Å²) < 4.78 is 5.42. The van der Waals surface area contributed by atoms with Crippen molar-refractivity contribution in [3.8, 4) is 0 Å². The largest absolute Gasteiger partial charge is 0.462 e. The quantitative estimate of drug-likeness (QED) is 0.648. The van der Waals surface area contributed by atoms with Crippen LogP contribution in [-0.2, 0) is 9.53 Å². The molecule has 0 amide bonds. The van der Waals surface area contributed by atoms with Gasteiger partial charge in [0.1, 0.15) is 6.10 Å². The van der Waals surface area contributed by atoms with Gasteiger partial charge in [0.15, 0.2) is 0 Å². The third kappa shape index (κ3) is 4.12. The van der Waals surface area contributed by atoms with Gasteiger partial charge in [-0.05, 0) is 31.6 Å². The predicted octanol–water partition coefficient (Wildman–Crippen LogP) is 3.30. The molecular formula is C12H22O2. The molecule has 82 valence electrons. The lowest BCUT2D eigenvalue weighted by Crippen LogP contribution is -2.24. The van der Waals surface area contributed by atoms with Crippen LogP contribution in [0.4, 0.5) is 0 Å². The molecule has 0 saturated heterocycles. The van der Waals surface area contributed by atoms with Gasteiger partial charge in [-0.15, -0.1) is 0 Å². The van der Waals surface area contributed by atoms with Crippen molar-refractivity contribution in [1.82, 2.24) is 0 Å². The van der Waals surface area contributed by atoms with Crippen LogP contribution in [0.1, 0.15) is 58.8 Å². The second-order valence-corrected chi connectivity index (χ2v) is 4.49. The summed E-state index contributed by atoms with van der Waals surface area (Å²) in [6.07, 6.45) is 7.48. The highest BCUT2D eigenvalue weighted by atomic mass is 16.5. The average Bonchev–Trinajstić information content (AvgIpc) is 2.15. The number of esters is 1. The number of hydrogen-bond donors (Lipinski definition) is 0. The molecule has 0 aliphatic heterocycles. The fraction of sp³-hybridized carbons (Fsp3) is 0.917. The van der Waals surface area contributed by atoms with Crippen molar-refractivity contribution < 1.29 is 9.53 Å². The zero-order valence-corrected chi connectivity index (χ0v) is 9.42. The summed E-state index contributed by atoms with van der Waals surface area (Å²) in [6.45, 7) is 4.34. The molecule has 2 atom stereocenters. The zero-order chi connectivity index (χ0) is 10.4. The Balaban J connectivity index is 2.18. The van der Waals surface area contributed by atoms with E-state index < -0.39 is 0 Å². The Hall–Kier alpha value is -0.530. The lowest BCUT2D eigenvalue weighted by atomic mass is 9.89. The molecule has 0 aromatic rings. The molecular weight excluding hydrogens is 176 g/mol.